The van der Waals surface area contributed by atoms with E-state index in [1.165, 1.54) is 32.4 Å². The normalized spacial score (nSPS) is 20.4. The summed E-state index contributed by atoms with van der Waals surface area (Å²) in [5.41, 5.74) is 0.563. The highest BCUT2D eigenvalue weighted by atomic mass is 32.1. The molecule has 4 nitrogen and oxygen atoms in total. The summed E-state index contributed by atoms with van der Waals surface area (Å²) in [6.45, 7) is 8.06. The highest BCUT2D eigenvalue weighted by Gasteiger charge is 2.28. The predicted octanol–water partition coefficient (Wildman–Crippen LogP) is 2.59. The van der Waals surface area contributed by atoms with Crippen molar-refractivity contribution in [3.63, 3.8) is 0 Å². The quantitative estimate of drug-likeness (QED) is 0.896. The number of likely N-dealkylation sites (tertiary alicyclic amines) is 1. The molecule has 1 aromatic rings. The highest BCUT2D eigenvalue weighted by molar-refractivity contribution is 7.15. The summed E-state index contributed by atoms with van der Waals surface area (Å²) in [4.78, 5) is 2.50. The van der Waals surface area contributed by atoms with Gasteiger partial charge in [-0.25, -0.2) is 0 Å². The van der Waals surface area contributed by atoms with Crippen LogP contribution in [0, 0.1) is 5.41 Å². The molecule has 1 aromatic heterocycles. The van der Waals surface area contributed by atoms with Gasteiger partial charge in [0.25, 0.3) is 0 Å². The minimum Gasteiger partial charge on any atom is -0.363 e. The van der Waals surface area contributed by atoms with Crippen molar-refractivity contribution in [3.8, 4) is 0 Å². The first kappa shape index (κ1) is 12.8. The van der Waals surface area contributed by atoms with Crippen molar-refractivity contribution < 1.29 is 0 Å². The summed E-state index contributed by atoms with van der Waals surface area (Å²) in [7, 11) is 1.89. The second kappa shape index (κ2) is 5.31. The maximum absolute atomic E-state index is 4.20. The molecule has 0 unspecified atom stereocenters. The van der Waals surface area contributed by atoms with E-state index in [0.717, 1.165) is 16.7 Å². The maximum Gasteiger partial charge on any atom is 0.205 e. The van der Waals surface area contributed by atoms with E-state index < -0.39 is 0 Å². The average molecular weight is 254 g/mol. The van der Waals surface area contributed by atoms with Gasteiger partial charge < -0.3 is 5.32 Å². The molecule has 0 aliphatic carbocycles. The Morgan fingerprint density at radius 2 is 2.06 bits per heavy atom. The fourth-order valence-corrected chi connectivity index (χ4v) is 2.95. The van der Waals surface area contributed by atoms with Crippen molar-refractivity contribution in [3.05, 3.63) is 5.01 Å². The van der Waals surface area contributed by atoms with Crippen LogP contribution < -0.4 is 5.32 Å². The van der Waals surface area contributed by atoms with E-state index in [0.29, 0.717) is 5.41 Å². The van der Waals surface area contributed by atoms with Crippen LogP contribution in [-0.2, 0) is 6.54 Å². The molecule has 0 bridgehead atoms. The number of nitrogens with one attached hydrogen (secondary N) is 1. The minimum atomic E-state index is 0.563. The van der Waals surface area contributed by atoms with Gasteiger partial charge in [-0.2, -0.15) is 0 Å². The average Bonchev–Trinajstić information content (AvgIpc) is 2.80. The van der Waals surface area contributed by atoms with E-state index in [9.17, 15) is 0 Å². The molecule has 0 aromatic carbocycles. The molecule has 0 spiro atoms. The first-order valence-electron chi connectivity index (χ1n) is 6.38. The number of rotatable bonds is 4. The van der Waals surface area contributed by atoms with Crippen LogP contribution in [0.1, 0.15) is 38.1 Å². The van der Waals surface area contributed by atoms with Gasteiger partial charge in [-0.15, -0.1) is 10.2 Å². The Balaban J connectivity index is 1.85. The zero-order valence-corrected chi connectivity index (χ0v) is 11.8. The monoisotopic (exact) mass is 254 g/mol. The van der Waals surface area contributed by atoms with E-state index >= 15 is 0 Å². The summed E-state index contributed by atoms with van der Waals surface area (Å²) in [5, 5.41) is 13.3. The van der Waals surface area contributed by atoms with Gasteiger partial charge in [-0.3, -0.25) is 4.90 Å². The molecule has 0 saturated carbocycles. The first-order valence-corrected chi connectivity index (χ1v) is 7.19. The van der Waals surface area contributed by atoms with Crippen molar-refractivity contribution in [2.75, 3.05) is 25.5 Å². The molecule has 1 aliphatic heterocycles. The third kappa shape index (κ3) is 3.16. The van der Waals surface area contributed by atoms with E-state index in [1.54, 1.807) is 11.3 Å². The predicted molar refractivity (Wildman–Crippen MR) is 72.4 cm³/mol. The van der Waals surface area contributed by atoms with Crippen LogP contribution in [0.25, 0.3) is 0 Å². The fraction of sp³-hybridized carbons (Fsp3) is 0.833. The van der Waals surface area contributed by atoms with Crippen LogP contribution in [0.4, 0.5) is 5.13 Å². The summed E-state index contributed by atoms with van der Waals surface area (Å²) in [6, 6.07) is 0. The summed E-state index contributed by atoms with van der Waals surface area (Å²) in [5.74, 6) is 0. The summed E-state index contributed by atoms with van der Waals surface area (Å²) >= 11 is 1.66. The number of anilines is 1. The van der Waals surface area contributed by atoms with E-state index in [1.807, 2.05) is 7.05 Å². The first-order chi connectivity index (χ1) is 8.15. The molecule has 1 fully saturated rings. The lowest BCUT2D eigenvalue weighted by atomic mass is 9.78. The molecule has 5 heteroatoms. The Hall–Kier alpha value is -0.680. The standard InChI is InChI=1S/C12H22N4S/c1-4-12(2)5-7-16(8-6-12)9-10-14-15-11(13-3)17-10/h4-9H2,1-3H3,(H,13,15). The van der Waals surface area contributed by atoms with Gasteiger partial charge in [0.05, 0.1) is 6.54 Å². The molecule has 1 saturated heterocycles. The molecule has 1 N–H and O–H groups in total. The van der Waals surface area contributed by atoms with Crippen LogP contribution >= 0.6 is 11.3 Å². The lowest BCUT2D eigenvalue weighted by Crippen LogP contribution is -2.37. The smallest absolute Gasteiger partial charge is 0.205 e. The Morgan fingerprint density at radius 1 is 1.35 bits per heavy atom. The topological polar surface area (TPSA) is 41.1 Å². The number of nitrogens with zero attached hydrogens (tertiary/aromatic N) is 3. The van der Waals surface area contributed by atoms with Gasteiger partial charge in [-0.1, -0.05) is 31.6 Å². The van der Waals surface area contributed by atoms with Gasteiger partial charge in [0.1, 0.15) is 5.01 Å². The second-order valence-corrected chi connectivity index (χ2v) is 6.25. The Morgan fingerprint density at radius 3 is 2.59 bits per heavy atom. The van der Waals surface area contributed by atoms with Crippen LogP contribution in [0.2, 0.25) is 0 Å². The van der Waals surface area contributed by atoms with Gasteiger partial charge in [-0.05, 0) is 31.3 Å². The zero-order valence-electron chi connectivity index (χ0n) is 11.0. The Labute approximate surface area is 107 Å². The molecule has 0 atom stereocenters. The Kier molecular flexibility index (Phi) is 3.99. The van der Waals surface area contributed by atoms with Gasteiger partial charge in [0.15, 0.2) is 0 Å². The molecule has 0 amide bonds. The van der Waals surface area contributed by atoms with Crippen LogP contribution in [0.3, 0.4) is 0 Å². The third-order valence-corrected chi connectivity index (χ3v) is 4.88. The molecular formula is C12H22N4S. The minimum absolute atomic E-state index is 0.563. The highest BCUT2D eigenvalue weighted by Crippen LogP contribution is 2.34. The second-order valence-electron chi connectivity index (χ2n) is 5.19. The lowest BCUT2D eigenvalue weighted by Gasteiger charge is -2.38. The number of hydrogen-bond donors (Lipinski definition) is 1. The van der Waals surface area contributed by atoms with E-state index in [-0.39, 0.29) is 0 Å². The Bertz CT molecular complexity index is 355. The fourth-order valence-electron chi connectivity index (χ4n) is 2.21. The SMILES string of the molecule is CCC1(C)CCN(Cc2nnc(NC)s2)CC1. The van der Waals surface area contributed by atoms with Crippen molar-refractivity contribution in [2.45, 2.75) is 39.7 Å². The molecule has 0 radical (unpaired) electrons. The maximum atomic E-state index is 4.20. The van der Waals surface area contributed by atoms with Crippen LogP contribution in [0.5, 0.6) is 0 Å². The number of hydrogen-bond acceptors (Lipinski definition) is 5. The molecular weight excluding hydrogens is 232 g/mol. The third-order valence-electron chi connectivity index (χ3n) is 3.96. The molecule has 17 heavy (non-hydrogen) atoms. The summed E-state index contributed by atoms with van der Waals surface area (Å²) in [6.07, 6.45) is 3.91. The van der Waals surface area contributed by atoms with Crippen LogP contribution in [0.15, 0.2) is 0 Å². The van der Waals surface area contributed by atoms with Crippen molar-refractivity contribution in [1.82, 2.24) is 15.1 Å². The largest absolute Gasteiger partial charge is 0.363 e. The van der Waals surface area contributed by atoms with Gasteiger partial charge in [0, 0.05) is 7.05 Å². The summed E-state index contributed by atoms with van der Waals surface area (Å²) < 4.78 is 0. The molecule has 2 rings (SSSR count). The van der Waals surface area contributed by atoms with Crippen molar-refractivity contribution in [2.24, 2.45) is 5.41 Å². The van der Waals surface area contributed by atoms with E-state index in [2.05, 4.69) is 34.3 Å². The van der Waals surface area contributed by atoms with Gasteiger partial charge in [0.2, 0.25) is 5.13 Å². The number of aromatic nitrogens is 2. The van der Waals surface area contributed by atoms with E-state index in [4.69, 9.17) is 0 Å². The molecule has 1 aliphatic rings. The van der Waals surface area contributed by atoms with Crippen molar-refractivity contribution in [1.29, 1.82) is 0 Å². The molecule has 96 valence electrons. The zero-order chi connectivity index (χ0) is 12.3. The van der Waals surface area contributed by atoms with Crippen molar-refractivity contribution >= 4 is 16.5 Å². The van der Waals surface area contributed by atoms with Gasteiger partial charge >= 0.3 is 0 Å². The molecule has 2 heterocycles. The number of piperidine rings is 1. The van der Waals surface area contributed by atoms with Crippen LogP contribution in [-0.4, -0.2) is 35.2 Å². The lowest BCUT2D eigenvalue weighted by molar-refractivity contribution is 0.109.